The summed E-state index contributed by atoms with van der Waals surface area (Å²) in [5.41, 5.74) is 15.6. The van der Waals surface area contributed by atoms with Crippen molar-refractivity contribution < 1.29 is 0 Å². The highest BCUT2D eigenvalue weighted by atomic mass is 14.8. The van der Waals surface area contributed by atoms with E-state index < -0.39 is 0 Å². The van der Waals surface area contributed by atoms with Crippen molar-refractivity contribution in [2.75, 3.05) is 5.73 Å². The molecule has 0 fully saturated rings. The number of aromatic nitrogens is 2. The Labute approximate surface area is 117 Å². The fourth-order valence-corrected chi connectivity index (χ4v) is 1.78. The van der Waals surface area contributed by atoms with Gasteiger partial charge in [0.05, 0.1) is 0 Å². The third-order valence-electron chi connectivity index (χ3n) is 2.68. The first-order valence-electron chi connectivity index (χ1n) is 5.97. The quantitative estimate of drug-likeness (QED) is 0.655. The zero-order valence-corrected chi connectivity index (χ0v) is 10.9. The summed E-state index contributed by atoms with van der Waals surface area (Å²) in [4.78, 5) is 12.0. The molecule has 100 valence electrons. The zero-order chi connectivity index (χ0) is 14.4. The molecule has 0 saturated heterocycles. The zero-order valence-electron chi connectivity index (χ0n) is 10.9. The molecule has 0 radical (unpaired) electrons. The molecule has 0 aliphatic rings. The Bertz CT molecular complexity index is 659. The summed E-state index contributed by atoms with van der Waals surface area (Å²) < 4.78 is 0. The van der Waals surface area contributed by atoms with Crippen LogP contribution in [0.5, 0.6) is 0 Å². The molecule has 2 aromatic rings. The highest BCUT2D eigenvalue weighted by molar-refractivity contribution is 6.10. The van der Waals surface area contributed by atoms with Gasteiger partial charge in [0, 0.05) is 47.8 Å². The summed E-state index contributed by atoms with van der Waals surface area (Å²) >= 11 is 0. The molecule has 1 aromatic heterocycles. The number of hydrogen-bond acceptors (Lipinski definition) is 5. The van der Waals surface area contributed by atoms with Crippen molar-refractivity contribution in [2.45, 2.75) is 0 Å². The van der Waals surface area contributed by atoms with Crippen molar-refractivity contribution in [1.29, 1.82) is 0 Å². The first-order valence-corrected chi connectivity index (χ1v) is 5.97. The first kappa shape index (κ1) is 13.5. The van der Waals surface area contributed by atoms with E-state index >= 15 is 0 Å². The average molecular weight is 265 g/mol. The van der Waals surface area contributed by atoms with Crippen molar-refractivity contribution >= 4 is 17.5 Å². The molecule has 0 unspecified atom stereocenters. The smallest absolute Gasteiger partial charge is 0.115 e. The molecule has 0 aliphatic heterocycles. The van der Waals surface area contributed by atoms with E-state index in [4.69, 9.17) is 11.5 Å². The van der Waals surface area contributed by atoms with Crippen molar-refractivity contribution in [2.24, 2.45) is 10.7 Å². The number of anilines is 1. The fourth-order valence-electron chi connectivity index (χ4n) is 1.78. The van der Waals surface area contributed by atoms with Gasteiger partial charge in [0.25, 0.3) is 0 Å². The predicted molar refractivity (Wildman–Crippen MR) is 82.7 cm³/mol. The van der Waals surface area contributed by atoms with Crippen LogP contribution in [0.4, 0.5) is 5.69 Å². The van der Waals surface area contributed by atoms with Crippen LogP contribution in [0.15, 0.2) is 60.9 Å². The van der Waals surface area contributed by atoms with Crippen molar-refractivity contribution in [1.82, 2.24) is 9.97 Å². The minimum absolute atomic E-state index is 0.632. The van der Waals surface area contributed by atoms with Crippen molar-refractivity contribution in [3.63, 3.8) is 0 Å². The van der Waals surface area contributed by atoms with Gasteiger partial charge in [-0.2, -0.15) is 0 Å². The lowest BCUT2D eigenvalue weighted by atomic mass is 10.0. The van der Waals surface area contributed by atoms with E-state index in [2.05, 4.69) is 21.5 Å². The normalized spacial score (nSPS) is 11.7. The SMILES string of the molecule is C=C/N=C\C(=C/N)c1cc(N)cc(-c2cncnc2)c1. The van der Waals surface area contributed by atoms with Gasteiger partial charge in [-0.15, -0.1) is 0 Å². The van der Waals surface area contributed by atoms with Crippen LogP contribution in [0, 0.1) is 0 Å². The van der Waals surface area contributed by atoms with Gasteiger partial charge in [-0.3, -0.25) is 4.99 Å². The third kappa shape index (κ3) is 3.08. The van der Waals surface area contributed by atoms with E-state index in [0.717, 1.165) is 22.3 Å². The summed E-state index contributed by atoms with van der Waals surface area (Å²) in [5.74, 6) is 0. The molecule has 0 aliphatic carbocycles. The maximum Gasteiger partial charge on any atom is 0.115 e. The van der Waals surface area contributed by atoms with Gasteiger partial charge in [0.1, 0.15) is 6.33 Å². The minimum atomic E-state index is 0.632. The van der Waals surface area contributed by atoms with Crippen LogP contribution >= 0.6 is 0 Å². The Hall–Kier alpha value is -2.95. The third-order valence-corrected chi connectivity index (χ3v) is 2.68. The highest BCUT2D eigenvalue weighted by Gasteiger charge is 2.05. The second kappa shape index (κ2) is 6.29. The second-order valence-electron chi connectivity index (χ2n) is 4.05. The van der Waals surface area contributed by atoms with Crippen LogP contribution in [0.3, 0.4) is 0 Å². The summed E-state index contributed by atoms with van der Waals surface area (Å²) in [7, 11) is 0. The van der Waals surface area contributed by atoms with E-state index in [-0.39, 0.29) is 0 Å². The van der Waals surface area contributed by atoms with E-state index in [9.17, 15) is 0 Å². The Morgan fingerprint density at radius 3 is 2.55 bits per heavy atom. The van der Waals surface area contributed by atoms with Gasteiger partial charge in [0.2, 0.25) is 0 Å². The van der Waals surface area contributed by atoms with E-state index in [1.165, 1.54) is 18.7 Å². The van der Waals surface area contributed by atoms with Crippen LogP contribution in [0.25, 0.3) is 16.7 Å². The van der Waals surface area contributed by atoms with Gasteiger partial charge >= 0.3 is 0 Å². The average Bonchev–Trinajstić information content (AvgIpc) is 2.48. The van der Waals surface area contributed by atoms with Crippen LogP contribution in [-0.2, 0) is 0 Å². The molecule has 1 heterocycles. The molecule has 20 heavy (non-hydrogen) atoms. The second-order valence-corrected chi connectivity index (χ2v) is 4.05. The lowest BCUT2D eigenvalue weighted by molar-refractivity contribution is 1.17. The number of nitrogens with zero attached hydrogens (tertiary/aromatic N) is 3. The lowest BCUT2D eigenvalue weighted by Gasteiger charge is -2.07. The van der Waals surface area contributed by atoms with Gasteiger partial charge < -0.3 is 11.5 Å². The molecule has 0 spiro atoms. The topological polar surface area (TPSA) is 90.2 Å². The Kier molecular flexibility index (Phi) is 4.24. The molecule has 0 atom stereocenters. The molecule has 1 aromatic carbocycles. The Morgan fingerprint density at radius 2 is 1.90 bits per heavy atom. The van der Waals surface area contributed by atoms with Crippen LogP contribution in [-0.4, -0.2) is 16.2 Å². The van der Waals surface area contributed by atoms with Crippen molar-refractivity contribution in [3.05, 3.63) is 61.5 Å². The van der Waals surface area contributed by atoms with Gasteiger partial charge in [0.15, 0.2) is 0 Å². The standard InChI is InChI=1S/C15H15N5/c1-2-18-7-13(6-16)11-3-12(5-15(17)4-11)14-8-19-10-20-9-14/h2-10H,1,16-17H2/b13-6+,18-7-. The first-order chi connectivity index (χ1) is 9.74. The minimum Gasteiger partial charge on any atom is -0.404 e. The molecule has 2 rings (SSSR count). The number of aliphatic imine (C=N–C) groups is 1. The van der Waals surface area contributed by atoms with Gasteiger partial charge in [-0.25, -0.2) is 9.97 Å². The predicted octanol–water partition coefficient (Wildman–Crippen LogP) is 2.24. The largest absolute Gasteiger partial charge is 0.404 e. The molecule has 5 heteroatoms. The van der Waals surface area contributed by atoms with E-state index in [1.807, 2.05) is 18.2 Å². The Morgan fingerprint density at radius 1 is 1.15 bits per heavy atom. The monoisotopic (exact) mass is 265 g/mol. The molecule has 4 N–H and O–H groups in total. The van der Waals surface area contributed by atoms with E-state index in [0.29, 0.717) is 5.69 Å². The molecular formula is C15H15N5. The number of benzene rings is 1. The Balaban J connectivity index is 2.49. The summed E-state index contributed by atoms with van der Waals surface area (Å²) in [6, 6.07) is 5.66. The number of hydrogen-bond donors (Lipinski definition) is 2. The number of rotatable bonds is 4. The number of nitrogen functional groups attached to an aromatic ring is 1. The van der Waals surface area contributed by atoms with Crippen molar-refractivity contribution in [3.8, 4) is 11.1 Å². The lowest BCUT2D eigenvalue weighted by Crippen LogP contribution is -1.95. The number of nitrogens with two attached hydrogens (primary N) is 2. The molecule has 0 saturated carbocycles. The highest BCUT2D eigenvalue weighted by Crippen LogP contribution is 2.25. The maximum absolute atomic E-state index is 5.94. The number of allylic oxidation sites excluding steroid dienone is 1. The maximum atomic E-state index is 5.94. The molecule has 0 bridgehead atoms. The molecular weight excluding hydrogens is 250 g/mol. The molecule has 5 nitrogen and oxygen atoms in total. The fraction of sp³-hybridized carbons (Fsp3) is 0. The summed E-state index contributed by atoms with van der Waals surface area (Å²) in [5, 5.41) is 0. The summed E-state index contributed by atoms with van der Waals surface area (Å²) in [6.45, 7) is 3.54. The van der Waals surface area contributed by atoms with Crippen LogP contribution in [0.1, 0.15) is 5.56 Å². The molecule has 0 amide bonds. The van der Waals surface area contributed by atoms with Gasteiger partial charge in [-0.05, 0) is 29.3 Å². The van der Waals surface area contributed by atoms with Gasteiger partial charge in [-0.1, -0.05) is 6.58 Å². The summed E-state index contributed by atoms with van der Waals surface area (Å²) in [6.07, 6.45) is 9.50. The van der Waals surface area contributed by atoms with E-state index in [1.54, 1.807) is 18.6 Å². The van der Waals surface area contributed by atoms with Crippen LogP contribution in [0.2, 0.25) is 0 Å². The van der Waals surface area contributed by atoms with Crippen LogP contribution < -0.4 is 11.5 Å².